The quantitative estimate of drug-likeness (QED) is 0.582. The van der Waals surface area contributed by atoms with Crippen molar-refractivity contribution in [1.29, 1.82) is 0 Å². The fourth-order valence-corrected chi connectivity index (χ4v) is 1.25. The molecule has 0 spiro atoms. The molecule has 2 nitrogen and oxygen atoms in total. The zero-order valence-electron chi connectivity index (χ0n) is 8.30. The topological polar surface area (TPSA) is 38.4 Å². The van der Waals surface area contributed by atoms with Crippen molar-refractivity contribution < 1.29 is 0 Å². The molecule has 0 atom stereocenters. The first-order valence-electron chi connectivity index (χ1n) is 4.79. The molecule has 0 aliphatic rings. The van der Waals surface area contributed by atoms with Crippen LogP contribution >= 0.6 is 0 Å². The van der Waals surface area contributed by atoms with E-state index in [-0.39, 0.29) is 0 Å². The molecule has 74 valence electrons. The number of benzene rings is 2. The van der Waals surface area contributed by atoms with Crippen LogP contribution in [0.25, 0.3) is 0 Å². The summed E-state index contributed by atoms with van der Waals surface area (Å²) in [6.07, 6.45) is 1.84. The number of nitrogens with zero attached hydrogens (tertiary/aromatic N) is 1. The van der Waals surface area contributed by atoms with Gasteiger partial charge in [0.1, 0.15) is 0 Å². The molecule has 2 heteroatoms. The van der Waals surface area contributed by atoms with E-state index >= 15 is 0 Å². The van der Waals surface area contributed by atoms with Gasteiger partial charge in [0.05, 0.1) is 5.69 Å². The zero-order valence-corrected chi connectivity index (χ0v) is 8.30. The Morgan fingerprint density at radius 2 is 1.53 bits per heavy atom. The number of hydrogen-bond donors (Lipinski definition) is 1. The summed E-state index contributed by atoms with van der Waals surface area (Å²) in [5.74, 6) is 0. The monoisotopic (exact) mass is 196 g/mol. The minimum Gasteiger partial charge on any atom is -0.399 e. The molecule has 2 N–H and O–H groups in total. The van der Waals surface area contributed by atoms with Gasteiger partial charge < -0.3 is 5.73 Å². The Kier molecular flexibility index (Phi) is 2.79. The Balaban J connectivity index is 2.15. The Morgan fingerprint density at radius 3 is 2.20 bits per heavy atom. The Morgan fingerprint density at radius 1 is 0.867 bits per heavy atom. The van der Waals surface area contributed by atoms with Gasteiger partial charge in [0.15, 0.2) is 0 Å². The van der Waals surface area contributed by atoms with Gasteiger partial charge in [-0.25, -0.2) is 0 Å². The van der Waals surface area contributed by atoms with Crippen LogP contribution in [0.15, 0.2) is 59.6 Å². The van der Waals surface area contributed by atoms with Crippen LogP contribution in [0, 0.1) is 0 Å². The van der Waals surface area contributed by atoms with Crippen molar-refractivity contribution >= 4 is 17.6 Å². The number of anilines is 1. The minimum absolute atomic E-state index is 0.758. The second kappa shape index (κ2) is 4.42. The van der Waals surface area contributed by atoms with E-state index < -0.39 is 0 Å². The summed E-state index contributed by atoms with van der Waals surface area (Å²) in [5.41, 5.74) is 8.34. The highest BCUT2D eigenvalue weighted by molar-refractivity contribution is 5.81. The largest absolute Gasteiger partial charge is 0.399 e. The van der Waals surface area contributed by atoms with Crippen LogP contribution in [0.1, 0.15) is 5.56 Å². The van der Waals surface area contributed by atoms with Crippen molar-refractivity contribution in [1.82, 2.24) is 0 Å². The smallest absolute Gasteiger partial charge is 0.0631 e. The van der Waals surface area contributed by atoms with Crippen LogP contribution in [-0.2, 0) is 0 Å². The molecule has 0 amide bonds. The van der Waals surface area contributed by atoms with Crippen molar-refractivity contribution in [3.8, 4) is 0 Å². The lowest BCUT2D eigenvalue weighted by atomic mass is 10.2. The Labute approximate surface area is 89.1 Å². The molecule has 2 rings (SSSR count). The van der Waals surface area contributed by atoms with E-state index in [1.807, 2.05) is 60.8 Å². The van der Waals surface area contributed by atoms with E-state index in [0.29, 0.717) is 0 Å². The Bertz CT molecular complexity index is 444. The lowest BCUT2D eigenvalue weighted by Crippen LogP contribution is -1.82. The van der Waals surface area contributed by atoms with Gasteiger partial charge in [-0.05, 0) is 29.8 Å². The Hall–Kier alpha value is -2.09. The van der Waals surface area contributed by atoms with Gasteiger partial charge in [0, 0.05) is 11.9 Å². The van der Waals surface area contributed by atoms with Gasteiger partial charge in [-0.3, -0.25) is 4.99 Å². The van der Waals surface area contributed by atoms with Crippen molar-refractivity contribution in [3.05, 3.63) is 60.2 Å². The molecule has 2 aromatic rings. The van der Waals surface area contributed by atoms with E-state index in [9.17, 15) is 0 Å². The fourth-order valence-electron chi connectivity index (χ4n) is 1.25. The van der Waals surface area contributed by atoms with Crippen LogP contribution in [-0.4, -0.2) is 6.21 Å². The maximum absolute atomic E-state index is 5.58. The molecule has 0 saturated heterocycles. The molecule has 0 bridgehead atoms. The SMILES string of the molecule is Nc1ccc(/N=C/c2ccccc2)cc1. The standard InChI is InChI=1S/C13H12N2/c14-12-6-8-13(9-7-12)15-10-11-4-2-1-3-5-11/h1-10H,14H2/b15-10+. The first-order valence-corrected chi connectivity index (χ1v) is 4.79. The number of nitrogen functional groups attached to an aromatic ring is 1. The summed E-state index contributed by atoms with van der Waals surface area (Å²) >= 11 is 0. The third-order valence-corrected chi connectivity index (χ3v) is 2.06. The first-order chi connectivity index (χ1) is 7.34. The molecule has 0 aliphatic carbocycles. The molecule has 0 unspecified atom stereocenters. The van der Waals surface area contributed by atoms with E-state index in [4.69, 9.17) is 5.73 Å². The average molecular weight is 196 g/mol. The van der Waals surface area contributed by atoms with Gasteiger partial charge in [-0.2, -0.15) is 0 Å². The summed E-state index contributed by atoms with van der Waals surface area (Å²) < 4.78 is 0. The van der Waals surface area contributed by atoms with E-state index in [0.717, 1.165) is 16.9 Å². The van der Waals surface area contributed by atoms with Gasteiger partial charge in [-0.1, -0.05) is 30.3 Å². The third-order valence-electron chi connectivity index (χ3n) is 2.06. The van der Waals surface area contributed by atoms with Crippen molar-refractivity contribution in [2.45, 2.75) is 0 Å². The van der Waals surface area contributed by atoms with Crippen LogP contribution in [0.4, 0.5) is 11.4 Å². The minimum atomic E-state index is 0.758. The summed E-state index contributed by atoms with van der Waals surface area (Å²) in [5, 5.41) is 0. The predicted molar refractivity (Wildman–Crippen MR) is 64.6 cm³/mol. The molecule has 2 aromatic carbocycles. The zero-order chi connectivity index (χ0) is 10.5. The van der Waals surface area contributed by atoms with Gasteiger partial charge in [0.2, 0.25) is 0 Å². The molecular weight excluding hydrogens is 184 g/mol. The first kappa shape index (κ1) is 9.46. The summed E-state index contributed by atoms with van der Waals surface area (Å²) in [6.45, 7) is 0. The molecular formula is C13H12N2. The van der Waals surface area contributed by atoms with Crippen LogP contribution in [0.3, 0.4) is 0 Å². The maximum atomic E-state index is 5.58. The van der Waals surface area contributed by atoms with Gasteiger partial charge in [0.25, 0.3) is 0 Å². The van der Waals surface area contributed by atoms with E-state index in [1.165, 1.54) is 0 Å². The summed E-state index contributed by atoms with van der Waals surface area (Å²) in [6, 6.07) is 17.5. The molecule has 15 heavy (non-hydrogen) atoms. The second-order valence-corrected chi connectivity index (χ2v) is 3.26. The number of aliphatic imine (C=N–C) groups is 1. The van der Waals surface area contributed by atoms with Crippen LogP contribution in [0.5, 0.6) is 0 Å². The number of nitrogens with two attached hydrogens (primary N) is 1. The number of hydrogen-bond acceptors (Lipinski definition) is 2. The molecule has 0 radical (unpaired) electrons. The number of rotatable bonds is 2. The summed E-state index contributed by atoms with van der Waals surface area (Å²) in [4.78, 5) is 4.34. The highest BCUT2D eigenvalue weighted by Crippen LogP contribution is 2.13. The highest BCUT2D eigenvalue weighted by atomic mass is 14.7. The van der Waals surface area contributed by atoms with E-state index in [1.54, 1.807) is 0 Å². The summed E-state index contributed by atoms with van der Waals surface area (Å²) in [7, 11) is 0. The van der Waals surface area contributed by atoms with Crippen molar-refractivity contribution in [2.75, 3.05) is 5.73 Å². The molecule has 0 heterocycles. The third kappa shape index (κ3) is 2.68. The fraction of sp³-hybridized carbons (Fsp3) is 0. The molecule has 0 fully saturated rings. The highest BCUT2D eigenvalue weighted by Gasteiger charge is 1.88. The lowest BCUT2D eigenvalue weighted by Gasteiger charge is -1.94. The van der Waals surface area contributed by atoms with Crippen molar-refractivity contribution in [3.63, 3.8) is 0 Å². The van der Waals surface area contributed by atoms with Gasteiger partial charge >= 0.3 is 0 Å². The molecule has 0 saturated carbocycles. The lowest BCUT2D eigenvalue weighted by molar-refractivity contribution is 1.52. The normalized spacial score (nSPS) is 10.7. The predicted octanol–water partition coefficient (Wildman–Crippen LogP) is 3.02. The van der Waals surface area contributed by atoms with Crippen LogP contribution in [0.2, 0.25) is 0 Å². The van der Waals surface area contributed by atoms with Gasteiger partial charge in [-0.15, -0.1) is 0 Å². The second-order valence-electron chi connectivity index (χ2n) is 3.26. The molecule has 0 aliphatic heterocycles. The van der Waals surface area contributed by atoms with Crippen molar-refractivity contribution in [2.24, 2.45) is 4.99 Å². The maximum Gasteiger partial charge on any atom is 0.0631 e. The average Bonchev–Trinajstić information content (AvgIpc) is 2.30. The van der Waals surface area contributed by atoms with E-state index in [2.05, 4.69) is 4.99 Å². The van der Waals surface area contributed by atoms with Crippen LogP contribution < -0.4 is 5.73 Å². The molecule has 0 aromatic heterocycles.